The molecule has 3 nitrogen and oxygen atoms in total. The minimum atomic E-state index is -0.478. The van der Waals surface area contributed by atoms with Gasteiger partial charge in [0.25, 0.3) is 0 Å². The second-order valence-electron chi connectivity index (χ2n) is 4.04. The van der Waals surface area contributed by atoms with Crippen LogP contribution in [0.15, 0.2) is 6.07 Å². The van der Waals surface area contributed by atoms with E-state index in [0.717, 1.165) is 4.88 Å². The number of hydrogen-bond donors (Lipinski definition) is 1. The number of aliphatic hydroxyl groups excluding tert-OH is 1. The Morgan fingerprint density at radius 1 is 1.54 bits per heavy atom. The van der Waals surface area contributed by atoms with Crippen LogP contribution >= 0.6 is 11.5 Å². The van der Waals surface area contributed by atoms with Crippen LogP contribution in [0.4, 0.5) is 0 Å². The average molecular weight is 201 g/mol. The van der Waals surface area contributed by atoms with Crippen LogP contribution in [-0.4, -0.2) is 16.6 Å². The summed E-state index contributed by atoms with van der Waals surface area (Å²) in [6.45, 7) is 5.97. The highest BCUT2D eigenvalue weighted by Crippen LogP contribution is 2.35. The smallest absolute Gasteiger partial charge is 0.225 e. The molecule has 1 aromatic rings. The van der Waals surface area contributed by atoms with Gasteiger partial charge in [0.2, 0.25) is 5.88 Å². The van der Waals surface area contributed by atoms with E-state index in [4.69, 9.17) is 4.74 Å². The van der Waals surface area contributed by atoms with Gasteiger partial charge >= 0.3 is 0 Å². The summed E-state index contributed by atoms with van der Waals surface area (Å²) in [5.74, 6) is 0.572. The Balaban J connectivity index is 2.83. The molecule has 1 atom stereocenters. The first-order valence-corrected chi connectivity index (χ1v) is 4.91. The third-order valence-corrected chi connectivity index (χ3v) is 2.63. The number of aliphatic hydroxyl groups is 1. The molecule has 0 aliphatic rings. The number of ether oxygens (including phenoxy) is 1. The lowest BCUT2D eigenvalue weighted by molar-refractivity contribution is 0.0657. The SMILES string of the molecule is COc1cc(C(O)C(C)(C)C)sn1. The van der Waals surface area contributed by atoms with Crippen LogP contribution in [0.1, 0.15) is 31.8 Å². The van der Waals surface area contributed by atoms with Crippen molar-refractivity contribution in [2.45, 2.75) is 26.9 Å². The van der Waals surface area contributed by atoms with E-state index in [1.807, 2.05) is 20.8 Å². The Morgan fingerprint density at radius 3 is 2.54 bits per heavy atom. The van der Waals surface area contributed by atoms with E-state index in [-0.39, 0.29) is 5.41 Å². The topological polar surface area (TPSA) is 42.4 Å². The van der Waals surface area contributed by atoms with Crippen LogP contribution in [0.25, 0.3) is 0 Å². The van der Waals surface area contributed by atoms with Crippen molar-refractivity contribution in [1.82, 2.24) is 4.37 Å². The zero-order valence-electron chi connectivity index (χ0n) is 8.37. The van der Waals surface area contributed by atoms with Crippen molar-refractivity contribution in [3.05, 3.63) is 10.9 Å². The first-order chi connectivity index (χ1) is 5.95. The maximum absolute atomic E-state index is 9.88. The van der Waals surface area contributed by atoms with E-state index in [0.29, 0.717) is 5.88 Å². The van der Waals surface area contributed by atoms with Gasteiger partial charge in [0.1, 0.15) is 0 Å². The van der Waals surface area contributed by atoms with Gasteiger partial charge in [0, 0.05) is 6.07 Å². The highest BCUT2D eigenvalue weighted by molar-refractivity contribution is 7.06. The lowest BCUT2D eigenvalue weighted by atomic mass is 9.88. The molecule has 0 fully saturated rings. The highest BCUT2D eigenvalue weighted by Gasteiger charge is 2.25. The molecule has 0 aliphatic heterocycles. The van der Waals surface area contributed by atoms with Gasteiger partial charge in [-0.1, -0.05) is 20.8 Å². The van der Waals surface area contributed by atoms with Gasteiger partial charge in [0.15, 0.2) is 0 Å². The molecule has 1 N–H and O–H groups in total. The van der Waals surface area contributed by atoms with E-state index in [1.54, 1.807) is 13.2 Å². The number of aromatic nitrogens is 1. The van der Waals surface area contributed by atoms with Gasteiger partial charge in [-0.3, -0.25) is 0 Å². The molecule has 0 amide bonds. The van der Waals surface area contributed by atoms with Crippen molar-refractivity contribution < 1.29 is 9.84 Å². The number of methoxy groups -OCH3 is 1. The van der Waals surface area contributed by atoms with Crippen molar-refractivity contribution in [3.63, 3.8) is 0 Å². The Morgan fingerprint density at radius 2 is 2.15 bits per heavy atom. The fourth-order valence-corrected chi connectivity index (χ4v) is 1.85. The standard InChI is InChI=1S/C9H15NO2S/c1-9(2,3)8(11)6-5-7(12-4)10-13-6/h5,8,11H,1-4H3. The summed E-state index contributed by atoms with van der Waals surface area (Å²) in [6.07, 6.45) is -0.478. The molecular weight excluding hydrogens is 186 g/mol. The molecule has 4 heteroatoms. The molecule has 74 valence electrons. The lowest BCUT2D eigenvalue weighted by Crippen LogP contribution is -2.16. The molecule has 0 aromatic carbocycles. The van der Waals surface area contributed by atoms with Gasteiger partial charge in [-0.05, 0) is 16.9 Å². The normalized spacial score (nSPS) is 14.2. The predicted octanol–water partition coefficient (Wildman–Crippen LogP) is 2.23. The summed E-state index contributed by atoms with van der Waals surface area (Å²) >= 11 is 1.28. The number of hydrogen-bond acceptors (Lipinski definition) is 4. The van der Waals surface area contributed by atoms with Crippen molar-refractivity contribution in [1.29, 1.82) is 0 Å². The van der Waals surface area contributed by atoms with Crippen molar-refractivity contribution in [2.75, 3.05) is 7.11 Å². The Hall–Kier alpha value is -0.610. The lowest BCUT2D eigenvalue weighted by Gasteiger charge is -2.23. The maximum Gasteiger partial charge on any atom is 0.225 e. The van der Waals surface area contributed by atoms with Crippen LogP contribution in [0.5, 0.6) is 5.88 Å². The van der Waals surface area contributed by atoms with E-state index < -0.39 is 6.10 Å². The first kappa shape index (κ1) is 10.5. The predicted molar refractivity (Wildman–Crippen MR) is 53.1 cm³/mol. The van der Waals surface area contributed by atoms with E-state index in [1.165, 1.54) is 11.5 Å². The summed E-state index contributed by atoms with van der Waals surface area (Å²) in [4.78, 5) is 0.851. The minimum absolute atomic E-state index is 0.155. The van der Waals surface area contributed by atoms with Gasteiger partial charge in [-0.25, -0.2) is 0 Å². The zero-order chi connectivity index (χ0) is 10.1. The van der Waals surface area contributed by atoms with Crippen LogP contribution in [0.2, 0.25) is 0 Å². The summed E-state index contributed by atoms with van der Waals surface area (Å²) in [6, 6.07) is 1.78. The molecule has 1 heterocycles. The van der Waals surface area contributed by atoms with E-state index in [2.05, 4.69) is 4.37 Å². The molecule has 1 aromatic heterocycles. The van der Waals surface area contributed by atoms with Crippen molar-refractivity contribution in [2.24, 2.45) is 5.41 Å². The monoisotopic (exact) mass is 201 g/mol. The molecule has 0 bridgehead atoms. The summed E-state index contributed by atoms with van der Waals surface area (Å²) in [5, 5.41) is 9.88. The average Bonchev–Trinajstić information content (AvgIpc) is 2.48. The third kappa shape index (κ3) is 2.42. The minimum Gasteiger partial charge on any atom is -0.480 e. The van der Waals surface area contributed by atoms with Crippen LogP contribution < -0.4 is 4.74 Å². The summed E-state index contributed by atoms with van der Waals surface area (Å²) in [5.41, 5.74) is -0.155. The molecule has 0 aliphatic carbocycles. The fraction of sp³-hybridized carbons (Fsp3) is 0.667. The van der Waals surface area contributed by atoms with Crippen molar-refractivity contribution in [3.8, 4) is 5.88 Å². The number of rotatable bonds is 2. The van der Waals surface area contributed by atoms with Gasteiger partial charge in [-0.15, -0.1) is 0 Å². The third-order valence-electron chi connectivity index (χ3n) is 1.81. The molecular formula is C9H15NO2S. The second kappa shape index (κ2) is 3.64. The zero-order valence-corrected chi connectivity index (χ0v) is 9.18. The maximum atomic E-state index is 9.88. The van der Waals surface area contributed by atoms with E-state index in [9.17, 15) is 5.11 Å². The van der Waals surface area contributed by atoms with Gasteiger partial charge < -0.3 is 9.84 Å². The van der Waals surface area contributed by atoms with Crippen LogP contribution in [0.3, 0.4) is 0 Å². The van der Waals surface area contributed by atoms with Crippen molar-refractivity contribution >= 4 is 11.5 Å². The Kier molecular flexibility index (Phi) is 2.93. The molecule has 0 saturated carbocycles. The van der Waals surface area contributed by atoms with E-state index >= 15 is 0 Å². The summed E-state index contributed by atoms with van der Waals surface area (Å²) in [7, 11) is 1.57. The van der Waals surface area contributed by atoms with Gasteiger partial charge in [-0.2, -0.15) is 4.37 Å². The Labute approximate surface area is 82.5 Å². The molecule has 0 saturated heterocycles. The second-order valence-corrected chi connectivity index (χ2v) is 4.88. The molecule has 1 rings (SSSR count). The molecule has 13 heavy (non-hydrogen) atoms. The largest absolute Gasteiger partial charge is 0.480 e. The Bertz CT molecular complexity index is 277. The molecule has 1 unspecified atom stereocenters. The van der Waals surface area contributed by atoms with Gasteiger partial charge in [0.05, 0.1) is 18.1 Å². The molecule has 0 spiro atoms. The molecule has 0 radical (unpaired) electrons. The quantitative estimate of drug-likeness (QED) is 0.797. The van der Waals surface area contributed by atoms with Crippen LogP contribution in [-0.2, 0) is 0 Å². The summed E-state index contributed by atoms with van der Waals surface area (Å²) < 4.78 is 8.97. The first-order valence-electron chi connectivity index (χ1n) is 4.14. The highest BCUT2D eigenvalue weighted by atomic mass is 32.1. The fourth-order valence-electron chi connectivity index (χ4n) is 0.924. The van der Waals surface area contributed by atoms with Crippen LogP contribution in [0, 0.1) is 5.41 Å². The number of nitrogens with zero attached hydrogens (tertiary/aromatic N) is 1.